The van der Waals surface area contributed by atoms with E-state index in [9.17, 15) is 13.2 Å². The smallest absolute Gasteiger partial charge is 0.220 e. The summed E-state index contributed by atoms with van der Waals surface area (Å²) in [5.74, 6) is -0.145. The average molecular weight is 389 g/mol. The Morgan fingerprint density at radius 1 is 1.27 bits per heavy atom. The number of hydrogen-bond acceptors (Lipinski definition) is 3. The molecule has 1 aromatic carbocycles. The number of carbonyl (C=O) groups excluding carboxylic acids is 1. The number of amides is 1. The number of carbonyl (C=O) groups is 1. The van der Waals surface area contributed by atoms with Crippen LogP contribution in [0.2, 0.25) is 0 Å². The van der Waals surface area contributed by atoms with Gasteiger partial charge >= 0.3 is 0 Å². The van der Waals surface area contributed by atoms with Crippen molar-refractivity contribution in [3.8, 4) is 0 Å². The van der Waals surface area contributed by atoms with Gasteiger partial charge < -0.3 is 5.32 Å². The maximum atomic E-state index is 12.4. The van der Waals surface area contributed by atoms with E-state index in [0.717, 1.165) is 23.7 Å². The van der Waals surface area contributed by atoms with Crippen molar-refractivity contribution >= 4 is 31.9 Å². The molecule has 0 aromatic heterocycles. The first-order valence-electron chi connectivity index (χ1n) is 7.40. The summed E-state index contributed by atoms with van der Waals surface area (Å²) in [6.07, 6.45) is 1.91. The van der Waals surface area contributed by atoms with Crippen LogP contribution in [0, 0.1) is 0 Å². The van der Waals surface area contributed by atoms with E-state index in [1.54, 1.807) is 0 Å². The highest BCUT2D eigenvalue weighted by atomic mass is 79.9. The number of fused-ring (bicyclic) bond motifs is 1. The Morgan fingerprint density at radius 2 is 2.00 bits per heavy atom. The second-order valence-corrected chi connectivity index (χ2v) is 8.19. The maximum Gasteiger partial charge on any atom is 0.220 e. The number of nitrogens with one attached hydrogen (secondary N) is 1. The summed E-state index contributed by atoms with van der Waals surface area (Å²) < 4.78 is 26.2. The molecule has 1 aliphatic heterocycles. The molecule has 0 saturated heterocycles. The van der Waals surface area contributed by atoms with Crippen molar-refractivity contribution < 1.29 is 13.2 Å². The van der Waals surface area contributed by atoms with Crippen LogP contribution in [-0.2, 0) is 27.8 Å². The van der Waals surface area contributed by atoms with Gasteiger partial charge in [0.05, 0.1) is 5.75 Å². The molecule has 1 amide bonds. The van der Waals surface area contributed by atoms with Crippen LogP contribution in [0.4, 0.5) is 0 Å². The molecule has 122 valence electrons. The lowest BCUT2D eigenvalue weighted by Gasteiger charge is -2.28. The van der Waals surface area contributed by atoms with Gasteiger partial charge in [-0.15, -0.1) is 0 Å². The fourth-order valence-corrected chi connectivity index (χ4v) is 4.08. The lowest BCUT2D eigenvalue weighted by Crippen LogP contribution is -2.40. The molecule has 0 atom stereocenters. The molecule has 0 radical (unpaired) electrons. The molecule has 0 saturated carbocycles. The molecule has 2 rings (SSSR count). The summed E-state index contributed by atoms with van der Waals surface area (Å²) in [6, 6.07) is 7.92. The quantitative estimate of drug-likeness (QED) is 0.722. The Kier molecular flexibility index (Phi) is 6.40. The normalized spacial score (nSPS) is 15.3. The van der Waals surface area contributed by atoms with E-state index in [1.165, 1.54) is 9.87 Å². The molecule has 1 N–H and O–H groups in total. The summed E-state index contributed by atoms with van der Waals surface area (Å²) in [5.41, 5.74) is 2.29. The molecule has 1 heterocycles. The third kappa shape index (κ3) is 4.79. The van der Waals surface area contributed by atoms with Gasteiger partial charge in [-0.3, -0.25) is 4.79 Å². The van der Waals surface area contributed by atoms with E-state index in [1.807, 2.05) is 24.3 Å². The average Bonchev–Trinajstić information content (AvgIpc) is 2.52. The Hall–Kier alpha value is -0.920. The van der Waals surface area contributed by atoms with E-state index in [-0.39, 0.29) is 18.2 Å². The van der Waals surface area contributed by atoms with Crippen LogP contribution < -0.4 is 5.32 Å². The Morgan fingerprint density at radius 3 is 2.73 bits per heavy atom. The molecule has 0 fully saturated rings. The zero-order chi connectivity index (χ0) is 16.0. The van der Waals surface area contributed by atoms with Gasteiger partial charge in [0.1, 0.15) is 0 Å². The van der Waals surface area contributed by atoms with Gasteiger partial charge in [0, 0.05) is 31.4 Å². The second kappa shape index (κ2) is 8.08. The van der Waals surface area contributed by atoms with Crippen LogP contribution in [0.5, 0.6) is 0 Å². The number of benzene rings is 1. The topological polar surface area (TPSA) is 66.5 Å². The van der Waals surface area contributed by atoms with Gasteiger partial charge in [0.2, 0.25) is 15.9 Å². The molecule has 5 nitrogen and oxygen atoms in total. The molecule has 22 heavy (non-hydrogen) atoms. The lowest BCUT2D eigenvalue weighted by molar-refractivity contribution is -0.120. The van der Waals surface area contributed by atoms with Gasteiger partial charge in [0.25, 0.3) is 0 Å². The van der Waals surface area contributed by atoms with E-state index < -0.39 is 10.0 Å². The number of rotatable bonds is 7. The third-order valence-corrected chi connectivity index (χ3v) is 6.09. The number of hydrogen-bond donors (Lipinski definition) is 1. The van der Waals surface area contributed by atoms with Crippen molar-refractivity contribution in [1.29, 1.82) is 0 Å². The molecule has 0 spiro atoms. The minimum Gasteiger partial charge on any atom is -0.355 e. The van der Waals surface area contributed by atoms with Crippen molar-refractivity contribution in [2.24, 2.45) is 0 Å². The Labute approximate surface area is 140 Å². The highest BCUT2D eigenvalue weighted by Gasteiger charge is 2.26. The lowest BCUT2D eigenvalue weighted by atomic mass is 10.0. The second-order valence-electron chi connectivity index (χ2n) is 5.31. The van der Waals surface area contributed by atoms with E-state index in [4.69, 9.17) is 0 Å². The molecule has 1 aliphatic rings. The van der Waals surface area contributed by atoms with Crippen molar-refractivity contribution in [2.45, 2.75) is 25.8 Å². The maximum absolute atomic E-state index is 12.4. The van der Waals surface area contributed by atoms with Crippen LogP contribution in [-0.4, -0.2) is 42.8 Å². The fourth-order valence-electron chi connectivity index (χ4n) is 2.47. The van der Waals surface area contributed by atoms with Crippen molar-refractivity contribution in [3.63, 3.8) is 0 Å². The van der Waals surface area contributed by atoms with Crippen molar-refractivity contribution in [3.05, 3.63) is 35.4 Å². The highest BCUT2D eigenvalue weighted by Crippen LogP contribution is 2.20. The largest absolute Gasteiger partial charge is 0.355 e. The van der Waals surface area contributed by atoms with Crippen LogP contribution in [0.25, 0.3) is 0 Å². The number of alkyl halides is 1. The molecule has 0 unspecified atom stereocenters. The van der Waals surface area contributed by atoms with Crippen LogP contribution >= 0.6 is 15.9 Å². The first-order chi connectivity index (χ1) is 10.5. The summed E-state index contributed by atoms with van der Waals surface area (Å²) in [7, 11) is -3.33. The van der Waals surface area contributed by atoms with Gasteiger partial charge in [-0.2, -0.15) is 4.31 Å². The van der Waals surface area contributed by atoms with Crippen LogP contribution in [0.1, 0.15) is 24.0 Å². The highest BCUT2D eigenvalue weighted by molar-refractivity contribution is 9.09. The number of nitrogens with zero attached hydrogens (tertiary/aromatic N) is 1. The van der Waals surface area contributed by atoms with Crippen LogP contribution in [0.3, 0.4) is 0 Å². The first-order valence-corrected chi connectivity index (χ1v) is 10.1. The summed E-state index contributed by atoms with van der Waals surface area (Å²) >= 11 is 3.26. The zero-order valence-corrected chi connectivity index (χ0v) is 14.8. The molecular weight excluding hydrogens is 368 g/mol. The third-order valence-electron chi connectivity index (χ3n) is 3.71. The summed E-state index contributed by atoms with van der Waals surface area (Å²) in [5, 5.41) is 3.44. The SMILES string of the molecule is O=C(CCCBr)NCCS(=O)(=O)N1CCc2ccccc2C1. The van der Waals surface area contributed by atoms with Crippen LogP contribution in [0.15, 0.2) is 24.3 Å². The summed E-state index contributed by atoms with van der Waals surface area (Å²) in [4.78, 5) is 11.5. The van der Waals surface area contributed by atoms with E-state index >= 15 is 0 Å². The Bertz CT molecular complexity index is 619. The molecule has 0 aliphatic carbocycles. The number of halogens is 1. The minimum absolute atomic E-state index is 0.0464. The van der Waals surface area contributed by atoms with E-state index in [2.05, 4.69) is 21.2 Å². The zero-order valence-electron chi connectivity index (χ0n) is 12.4. The monoisotopic (exact) mass is 388 g/mol. The van der Waals surface area contributed by atoms with E-state index in [0.29, 0.717) is 19.5 Å². The van der Waals surface area contributed by atoms with Crippen molar-refractivity contribution in [1.82, 2.24) is 9.62 Å². The van der Waals surface area contributed by atoms with Gasteiger partial charge in [-0.05, 0) is 24.0 Å². The molecule has 0 bridgehead atoms. The van der Waals surface area contributed by atoms with Crippen molar-refractivity contribution in [2.75, 3.05) is 24.2 Å². The standard InChI is InChI=1S/C15H21BrN2O3S/c16-8-3-6-15(19)17-9-11-22(20,21)18-10-7-13-4-1-2-5-14(13)12-18/h1-2,4-5H,3,6-12H2,(H,17,19). The van der Waals surface area contributed by atoms with Gasteiger partial charge in [-0.1, -0.05) is 40.2 Å². The van der Waals surface area contributed by atoms with Gasteiger partial charge in [-0.25, -0.2) is 8.42 Å². The fraction of sp³-hybridized carbons (Fsp3) is 0.533. The minimum atomic E-state index is -3.33. The molecular formula is C15H21BrN2O3S. The Balaban J connectivity index is 1.85. The predicted octanol–water partition coefficient (Wildman–Crippen LogP) is 1.67. The predicted molar refractivity (Wildman–Crippen MR) is 90.4 cm³/mol. The summed E-state index contributed by atoms with van der Waals surface area (Å²) in [6.45, 7) is 1.11. The van der Waals surface area contributed by atoms with Gasteiger partial charge in [0.15, 0.2) is 0 Å². The number of sulfonamides is 1. The molecule has 7 heteroatoms. The molecule has 1 aromatic rings. The first kappa shape index (κ1) is 17.4.